The van der Waals surface area contributed by atoms with Crippen LogP contribution in [0.25, 0.3) is 11.1 Å². The number of esters is 1. The number of ether oxygens (including phenoxy) is 2. The highest BCUT2D eigenvalue weighted by atomic mass is 32.2. The zero-order valence-corrected chi connectivity index (χ0v) is 20.2. The Kier molecular flexibility index (Phi) is 7.66. The SMILES string of the molecule is O=C(c1ccccc1)c1cc(S(=O)(=O)O)c(OCCOC(=O)c2ccccc2-c2ccccc2)cc1O. The fourth-order valence-electron chi connectivity index (χ4n) is 3.68. The van der Waals surface area contributed by atoms with Gasteiger partial charge in [-0.2, -0.15) is 8.42 Å². The second-order valence-corrected chi connectivity index (χ2v) is 9.27. The average Bonchev–Trinajstić information content (AvgIpc) is 2.91. The van der Waals surface area contributed by atoms with Crippen LogP contribution in [0.15, 0.2) is 102 Å². The molecule has 0 atom stereocenters. The molecule has 8 nitrogen and oxygen atoms in total. The molecular weight excluding hydrogens is 496 g/mol. The smallest absolute Gasteiger partial charge is 0.338 e. The summed E-state index contributed by atoms with van der Waals surface area (Å²) in [5.41, 5.74) is 1.76. The van der Waals surface area contributed by atoms with E-state index in [-0.39, 0.29) is 24.3 Å². The van der Waals surface area contributed by atoms with Crippen LogP contribution in [0, 0.1) is 0 Å². The lowest BCUT2D eigenvalue weighted by Gasteiger charge is -2.14. The normalized spacial score (nSPS) is 11.1. The molecule has 0 spiro atoms. The van der Waals surface area contributed by atoms with Crippen LogP contribution >= 0.6 is 0 Å². The third kappa shape index (κ3) is 6.03. The summed E-state index contributed by atoms with van der Waals surface area (Å²) in [6, 6.07) is 25.9. The van der Waals surface area contributed by atoms with Crippen molar-refractivity contribution >= 4 is 21.9 Å². The molecule has 0 saturated heterocycles. The summed E-state index contributed by atoms with van der Waals surface area (Å²) >= 11 is 0. The predicted octanol–water partition coefficient (Wildman–Crippen LogP) is 4.77. The number of phenols is 1. The van der Waals surface area contributed by atoms with Gasteiger partial charge < -0.3 is 14.6 Å². The molecule has 9 heteroatoms. The summed E-state index contributed by atoms with van der Waals surface area (Å²) in [6.07, 6.45) is 0. The third-order valence-corrected chi connectivity index (χ3v) is 6.30. The van der Waals surface area contributed by atoms with E-state index < -0.39 is 38.3 Å². The van der Waals surface area contributed by atoms with Crippen molar-refractivity contribution in [1.82, 2.24) is 0 Å². The van der Waals surface area contributed by atoms with Crippen molar-refractivity contribution in [2.45, 2.75) is 4.90 Å². The molecule has 0 saturated carbocycles. The first-order valence-electron chi connectivity index (χ1n) is 11.1. The Bertz CT molecular complexity index is 1530. The Morgan fingerprint density at radius 1 is 0.757 bits per heavy atom. The number of phenolic OH excluding ortho intramolecular Hbond substituents is 1. The molecule has 0 radical (unpaired) electrons. The standard InChI is InChI=1S/C28H22O8S/c29-24-18-25(26(37(32,33)34)17-23(24)27(30)20-11-5-2-6-12-20)35-15-16-36-28(31)22-14-8-7-13-21(22)19-9-3-1-4-10-19/h1-14,17-18,29H,15-16H2,(H,32,33,34). The van der Waals surface area contributed by atoms with Crippen molar-refractivity contribution < 1.29 is 37.1 Å². The maximum Gasteiger partial charge on any atom is 0.338 e. The Morgan fingerprint density at radius 3 is 2.05 bits per heavy atom. The topological polar surface area (TPSA) is 127 Å². The summed E-state index contributed by atoms with van der Waals surface area (Å²) in [6.45, 7) is -0.536. The van der Waals surface area contributed by atoms with Crippen molar-refractivity contribution in [2.24, 2.45) is 0 Å². The molecule has 37 heavy (non-hydrogen) atoms. The molecule has 188 valence electrons. The minimum Gasteiger partial charge on any atom is -0.507 e. The molecule has 0 amide bonds. The second-order valence-electron chi connectivity index (χ2n) is 7.88. The first-order chi connectivity index (χ1) is 17.8. The largest absolute Gasteiger partial charge is 0.507 e. The molecule has 0 aromatic heterocycles. The van der Waals surface area contributed by atoms with E-state index in [1.54, 1.807) is 42.5 Å². The lowest BCUT2D eigenvalue weighted by Crippen LogP contribution is -2.14. The number of carbonyl (C=O) groups excluding carboxylic acids is 2. The number of benzene rings is 4. The van der Waals surface area contributed by atoms with Crippen LogP contribution in [0.4, 0.5) is 0 Å². The Hall–Kier alpha value is -4.47. The zero-order chi connectivity index (χ0) is 26.4. The van der Waals surface area contributed by atoms with E-state index in [0.717, 1.165) is 17.7 Å². The Morgan fingerprint density at radius 2 is 1.38 bits per heavy atom. The molecule has 0 heterocycles. The monoisotopic (exact) mass is 518 g/mol. The van der Waals surface area contributed by atoms with E-state index in [1.807, 2.05) is 30.3 Å². The minimum absolute atomic E-state index is 0.218. The first kappa shape index (κ1) is 25.6. The van der Waals surface area contributed by atoms with E-state index in [9.17, 15) is 27.7 Å². The molecule has 4 aromatic rings. The fourth-order valence-corrected chi connectivity index (χ4v) is 4.32. The van der Waals surface area contributed by atoms with Gasteiger partial charge in [0, 0.05) is 11.6 Å². The number of hydrogen-bond acceptors (Lipinski definition) is 7. The van der Waals surface area contributed by atoms with E-state index in [4.69, 9.17) is 9.47 Å². The van der Waals surface area contributed by atoms with Crippen LogP contribution in [0.3, 0.4) is 0 Å². The van der Waals surface area contributed by atoms with Crippen molar-refractivity contribution in [3.05, 3.63) is 114 Å². The van der Waals surface area contributed by atoms with E-state index >= 15 is 0 Å². The van der Waals surface area contributed by atoms with Crippen molar-refractivity contribution in [2.75, 3.05) is 13.2 Å². The molecular formula is C28H22O8S. The van der Waals surface area contributed by atoms with Gasteiger partial charge in [0.2, 0.25) is 0 Å². The zero-order valence-electron chi connectivity index (χ0n) is 19.4. The number of hydrogen-bond donors (Lipinski definition) is 2. The number of aromatic hydroxyl groups is 1. The summed E-state index contributed by atoms with van der Waals surface area (Å²) in [7, 11) is -4.82. The van der Waals surface area contributed by atoms with Crippen LogP contribution in [-0.2, 0) is 14.9 Å². The lowest BCUT2D eigenvalue weighted by atomic mass is 10.00. The molecule has 0 fully saturated rings. The van der Waals surface area contributed by atoms with E-state index in [1.165, 1.54) is 12.1 Å². The maximum absolute atomic E-state index is 12.7. The Balaban J connectivity index is 1.48. The van der Waals surface area contributed by atoms with Crippen LogP contribution in [-0.4, -0.2) is 43.0 Å². The highest BCUT2D eigenvalue weighted by Crippen LogP contribution is 2.33. The van der Waals surface area contributed by atoms with Gasteiger partial charge in [-0.25, -0.2) is 4.79 Å². The fraction of sp³-hybridized carbons (Fsp3) is 0.0714. The summed E-state index contributed by atoms with van der Waals surface area (Å²) in [5, 5.41) is 10.4. The van der Waals surface area contributed by atoms with Gasteiger partial charge in [-0.3, -0.25) is 9.35 Å². The molecule has 0 unspecified atom stereocenters. The van der Waals surface area contributed by atoms with Crippen molar-refractivity contribution in [1.29, 1.82) is 0 Å². The van der Waals surface area contributed by atoms with Crippen LogP contribution in [0.1, 0.15) is 26.3 Å². The van der Waals surface area contributed by atoms with Crippen molar-refractivity contribution in [3.63, 3.8) is 0 Å². The van der Waals surface area contributed by atoms with E-state index in [2.05, 4.69) is 0 Å². The predicted molar refractivity (Wildman–Crippen MR) is 135 cm³/mol. The van der Waals surface area contributed by atoms with Crippen molar-refractivity contribution in [3.8, 4) is 22.6 Å². The number of ketones is 1. The minimum atomic E-state index is -4.82. The molecule has 4 rings (SSSR count). The van der Waals surface area contributed by atoms with Gasteiger partial charge >= 0.3 is 5.97 Å². The molecule has 0 bridgehead atoms. The molecule has 4 aromatic carbocycles. The van der Waals surface area contributed by atoms with Crippen LogP contribution in [0.2, 0.25) is 0 Å². The molecule has 0 aliphatic carbocycles. The average molecular weight is 519 g/mol. The number of rotatable bonds is 9. The van der Waals surface area contributed by atoms with Gasteiger partial charge in [0.1, 0.15) is 29.6 Å². The second kappa shape index (κ2) is 11.1. The lowest BCUT2D eigenvalue weighted by molar-refractivity contribution is 0.0449. The maximum atomic E-state index is 12.7. The van der Waals surface area contributed by atoms with Gasteiger partial charge in [0.15, 0.2) is 5.78 Å². The van der Waals surface area contributed by atoms with Crippen LogP contribution < -0.4 is 4.74 Å². The van der Waals surface area contributed by atoms with Gasteiger partial charge in [-0.05, 0) is 23.3 Å². The third-order valence-electron chi connectivity index (χ3n) is 5.43. The Labute approximate surface area is 213 Å². The van der Waals surface area contributed by atoms with Crippen LogP contribution in [0.5, 0.6) is 11.5 Å². The van der Waals surface area contributed by atoms with Gasteiger partial charge in [-0.15, -0.1) is 0 Å². The first-order valence-corrected chi connectivity index (χ1v) is 12.6. The van der Waals surface area contributed by atoms with E-state index in [0.29, 0.717) is 11.1 Å². The molecule has 2 N–H and O–H groups in total. The van der Waals surface area contributed by atoms with Gasteiger partial charge in [0.25, 0.3) is 10.1 Å². The van der Waals surface area contributed by atoms with Gasteiger partial charge in [0.05, 0.1) is 11.1 Å². The highest BCUT2D eigenvalue weighted by molar-refractivity contribution is 7.86. The summed E-state index contributed by atoms with van der Waals surface area (Å²) in [4.78, 5) is 24.7. The summed E-state index contributed by atoms with van der Waals surface area (Å²) in [5.74, 6) is -2.18. The highest BCUT2D eigenvalue weighted by Gasteiger charge is 2.24. The van der Waals surface area contributed by atoms with Gasteiger partial charge in [-0.1, -0.05) is 78.9 Å². The number of carbonyl (C=O) groups is 2. The molecule has 0 aliphatic rings. The quantitative estimate of drug-likeness (QED) is 0.140. The molecule has 0 aliphatic heterocycles. The summed E-state index contributed by atoms with van der Waals surface area (Å²) < 4.78 is 44.3.